The number of nitrogens with zero attached hydrogens (tertiary/aromatic N) is 1. The second-order valence-electron chi connectivity index (χ2n) is 5.65. The van der Waals surface area contributed by atoms with E-state index in [4.69, 9.17) is 0 Å². The number of carbonyl (C=O) groups is 1. The van der Waals surface area contributed by atoms with Crippen molar-refractivity contribution in [3.05, 3.63) is 0 Å². The van der Waals surface area contributed by atoms with Crippen molar-refractivity contribution < 1.29 is 13.2 Å². The summed E-state index contributed by atoms with van der Waals surface area (Å²) in [4.78, 5) is 14.0. The third kappa shape index (κ3) is 3.48. The molecule has 0 aromatic heterocycles. The Kier molecular flexibility index (Phi) is 4.84. The average Bonchev–Trinajstić information content (AvgIpc) is 2.99. The molecule has 1 saturated heterocycles. The van der Waals surface area contributed by atoms with E-state index in [1.54, 1.807) is 4.90 Å². The van der Waals surface area contributed by atoms with Crippen LogP contribution < -0.4 is 5.32 Å². The molecule has 110 valence electrons. The summed E-state index contributed by atoms with van der Waals surface area (Å²) in [6.07, 6.45) is 5.36. The van der Waals surface area contributed by atoms with Crippen molar-refractivity contribution >= 4 is 15.7 Å². The largest absolute Gasteiger partial charge is 0.338 e. The number of hydrogen-bond donors (Lipinski definition) is 1. The third-order valence-electron chi connectivity index (χ3n) is 4.27. The molecule has 1 unspecified atom stereocenters. The van der Waals surface area contributed by atoms with Gasteiger partial charge in [0.05, 0.1) is 5.25 Å². The van der Waals surface area contributed by atoms with E-state index in [0.717, 1.165) is 45.1 Å². The number of carbonyl (C=O) groups excluding carboxylic acids is 1. The van der Waals surface area contributed by atoms with E-state index < -0.39 is 9.84 Å². The monoisotopic (exact) mass is 288 g/mol. The van der Waals surface area contributed by atoms with E-state index in [-0.39, 0.29) is 23.0 Å². The SMILES string of the molecule is CNCC1CCCN1C(=O)CS(=O)(=O)C1CCCC1. The second-order valence-corrected chi connectivity index (χ2v) is 7.94. The van der Waals surface area contributed by atoms with Gasteiger partial charge in [-0.05, 0) is 32.7 Å². The smallest absolute Gasteiger partial charge is 0.238 e. The highest BCUT2D eigenvalue weighted by Crippen LogP contribution is 2.26. The number of likely N-dealkylation sites (tertiary alicyclic amines) is 1. The Labute approximate surface area is 115 Å². The van der Waals surface area contributed by atoms with Crippen molar-refractivity contribution in [3.8, 4) is 0 Å². The lowest BCUT2D eigenvalue weighted by Gasteiger charge is -2.25. The molecule has 0 spiro atoms. The van der Waals surface area contributed by atoms with Crippen molar-refractivity contribution in [1.29, 1.82) is 0 Å². The molecule has 2 fully saturated rings. The van der Waals surface area contributed by atoms with Gasteiger partial charge in [-0.25, -0.2) is 8.42 Å². The zero-order valence-electron chi connectivity index (χ0n) is 11.6. The number of rotatable bonds is 5. The van der Waals surface area contributed by atoms with Gasteiger partial charge in [0.15, 0.2) is 9.84 Å². The first kappa shape index (κ1) is 14.8. The van der Waals surface area contributed by atoms with Crippen LogP contribution in [0.5, 0.6) is 0 Å². The van der Waals surface area contributed by atoms with Gasteiger partial charge in [0, 0.05) is 19.1 Å². The normalized spacial score (nSPS) is 25.1. The van der Waals surface area contributed by atoms with E-state index in [9.17, 15) is 13.2 Å². The van der Waals surface area contributed by atoms with Crippen molar-refractivity contribution in [3.63, 3.8) is 0 Å². The average molecular weight is 288 g/mol. The highest BCUT2D eigenvalue weighted by atomic mass is 32.2. The number of sulfone groups is 1. The Morgan fingerprint density at radius 3 is 2.53 bits per heavy atom. The molecule has 1 saturated carbocycles. The molecule has 0 bridgehead atoms. The van der Waals surface area contributed by atoms with Crippen molar-refractivity contribution in [1.82, 2.24) is 10.2 Å². The summed E-state index contributed by atoms with van der Waals surface area (Å²) in [6.45, 7) is 1.45. The van der Waals surface area contributed by atoms with Gasteiger partial charge >= 0.3 is 0 Å². The van der Waals surface area contributed by atoms with E-state index in [2.05, 4.69) is 5.32 Å². The summed E-state index contributed by atoms with van der Waals surface area (Å²) in [7, 11) is -1.39. The first-order chi connectivity index (χ1) is 9.04. The molecule has 0 aromatic rings. The summed E-state index contributed by atoms with van der Waals surface area (Å²) >= 11 is 0. The highest BCUT2D eigenvalue weighted by Gasteiger charge is 2.35. The molecule has 0 radical (unpaired) electrons. The lowest BCUT2D eigenvalue weighted by Crippen LogP contribution is -2.44. The zero-order chi connectivity index (χ0) is 13.9. The quantitative estimate of drug-likeness (QED) is 0.802. The minimum absolute atomic E-state index is 0.163. The topological polar surface area (TPSA) is 66.5 Å². The van der Waals surface area contributed by atoms with Crippen LogP contribution in [0.3, 0.4) is 0 Å². The minimum Gasteiger partial charge on any atom is -0.338 e. The fraction of sp³-hybridized carbons (Fsp3) is 0.923. The molecular weight excluding hydrogens is 264 g/mol. The van der Waals surface area contributed by atoms with Crippen LogP contribution in [-0.2, 0) is 14.6 Å². The first-order valence-electron chi connectivity index (χ1n) is 7.20. The van der Waals surface area contributed by atoms with Gasteiger partial charge in [0.2, 0.25) is 5.91 Å². The van der Waals surface area contributed by atoms with Crippen LogP contribution >= 0.6 is 0 Å². The fourth-order valence-electron chi connectivity index (χ4n) is 3.23. The van der Waals surface area contributed by atoms with E-state index in [1.807, 2.05) is 7.05 Å². The van der Waals surface area contributed by atoms with Gasteiger partial charge in [-0.2, -0.15) is 0 Å². The molecule has 1 aliphatic heterocycles. The third-order valence-corrected chi connectivity index (χ3v) is 6.41. The van der Waals surface area contributed by atoms with E-state index >= 15 is 0 Å². The summed E-state index contributed by atoms with van der Waals surface area (Å²) in [5, 5.41) is 2.79. The van der Waals surface area contributed by atoms with Crippen molar-refractivity contribution in [2.75, 3.05) is 25.9 Å². The molecule has 1 amide bonds. The van der Waals surface area contributed by atoms with E-state index in [0.29, 0.717) is 6.54 Å². The van der Waals surface area contributed by atoms with Gasteiger partial charge in [0.25, 0.3) is 0 Å². The molecule has 1 atom stereocenters. The van der Waals surface area contributed by atoms with Gasteiger partial charge in [-0.15, -0.1) is 0 Å². The van der Waals surface area contributed by atoms with Crippen molar-refractivity contribution in [2.24, 2.45) is 0 Å². The molecule has 1 heterocycles. The van der Waals surface area contributed by atoms with Crippen LogP contribution in [0.25, 0.3) is 0 Å². The molecule has 6 heteroatoms. The molecule has 1 N–H and O–H groups in total. The molecule has 19 heavy (non-hydrogen) atoms. The van der Waals surface area contributed by atoms with Crippen molar-refractivity contribution in [2.45, 2.75) is 49.8 Å². The molecule has 1 aliphatic carbocycles. The maximum absolute atomic E-state index is 12.2. The number of likely N-dealkylation sites (N-methyl/N-ethyl adjacent to an activating group) is 1. The Balaban J connectivity index is 1.96. The van der Waals surface area contributed by atoms with Gasteiger partial charge < -0.3 is 10.2 Å². The standard InChI is InChI=1S/C13H24N2O3S/c1-14-9-11-5-4-8-15(11)13(16)10-19(17,18)12-6-2-3-7-12/h11-12,14H,2-10H2,1H3. The fourth-order valence-corrected chi connectivity index (χ4v) is 5.03. The van der Waals surface area contributed by atoms with Gasteiger partial charge in [-0.3, -0.25) is 4.79 Å². The summed E-state index contributed by atoms with van der Waals surface area (Å²) in [5.41, 5.74) is 0. The number of hydrogen-bond acceptors (Lipinski definition) is 4. The molecule has 5 nitrogen and oxygen atoms in total. The summed E-state index contributed by atoms with van der Waals surface area (Å²) in [6, 6.07) is 0.163. The van der Waals surface area contributed by atoms with Crippen LogP contribution in [-0.4, -0.2) is 56.4 Å². The first-order valence-corrected chi connectivity index (χ1v) is 8.92. The lowest BCUT2D eigenvalue weighted by atomic mass is 10.2. The minimum atomic E-state index is -3.25. The maximum atomic E-state index is 12.2. The van der Waals surface area contributed by atoms with Gasteiger partial charge in [0.1, 0.15) is 5.75 Å². The molecular formula is C13H24N2O3S. The number of amides is 1. The predicted octanol–water partition coefficient (Wildman–Crippen LogP) is 0.554. The summed E-state index contributed by atoms with van der Waals surface area (Å²) in [5.74, 6) is -0.498. The Morgan fingerprint density at radius 2 is 1.89 bits per heavy atom. The molecule has 2 aliphatic rings. The Hall–Kier alpha value is -0.620. The van der Waals surface area contributed by atoms with Crippen LogP contribution in [0.4, 0.5) is 0 Å². The summed E-state index contributed by atoms with van der Waals surface area (Å²) < 4.78 is 24.4. The Morgan fingerprint density at radius 1 is 1.21 bits per heavy atom. The van der Waals surface area contributed by atoms with Crippen LogP contribution in [0.15, 0.2) is 0 Å². The zero-order valence-corrected chi connectivity index (χ0v) is 12.4. The van der Waals surface area contributed by atoms with Crippen LogP contribution in [0.2, 0.25) is 0 Å². The van der Waals surface area contributed by atoms with E-state index in [1.165, 1.54) is 0 Å². The van der Waals surface area contributed by atoms with Gasteiger partial charge in [-0.1, -0.05) is 12.8 Å². The van der Waals surface area contributed by atoms with Crippen LogP contribution in [0.1, 0.15) is 38.5 Å². The predicted molar refractivity (Wildman–Crippen MR) is 74.7 cm³/mol. The second kappa shape index (κ2) is 6.22. The highest BCUT2D eigenvalue weighted by molar-refractivity contribution is 7.92. The molecule has 0 aromatic carbocycles. The Bertz CT molecular complexity index is 416. The van der Waals surface area contributed by atoms with Crippen LogP contribution in [0, 0.1) is 0 Å². The maximum Gasteiger partial charge on any atom is 0.238 e. The molecule has 2 rings (SSSR count). The lowest BCUT2D eigenvalue weighted by molar-refractivity contribution is -0.129. The number of nitrogens with one attached hydrogen (secondary N) is 1.